The van der Waals surface area contributed by atoms with Crippen LogP contribution in [0.25, 0.3) is 0 Å². The number of fused-ring (bicyclic) bond motifs is 2. The van der Waals surface area contributed by atoms with Crippen LogP contribution in [0.1, 0.15) is 136 Å². The van der Waals surface area contributed by atoms with Crippen LogP contribution in [0.3, 0.4) is 0 Å². The molecule has 8 nitrogen and oxygen atoms in total. The maximum absolute atomic E-state index is 14.8. The Morgan fingerprint density at radius 2 is 1.23 bits per heavy atom. The fourth-order valence-corrected chi connectivity index (χ4v) is 21.2. The van der Waals surface area contributed by atoms with E-state index in [1.54, 1.807) is 0 Å². The molecular weight excluding hydrogens is 705 g/mol. The zero-order valence-electron chi connectivity index (χ0n) is 36.3. The van der Waals surface area contributed by atoms with E-state index in [1.807, 2.05) is 13.8 Å². The Bertz CT molecular complexity index is 1100. The van der Waals surface area contributed by atoms with Crippen molar-refractivity contribution >= 4 is 43.0 Å². The molecule has 0 aliphatic carbocycles. The molecule has 2 rings (SSSR count). The number of rotatable bonds is 16. The van der Waals surface area contributed by atoms with Gasteiger partial charge in [-0.2, -0.15) is 0 Å². The molecule has 0 N–H and O–H groups in total. The van der Waals surface area contributed by atoms with Crippen LogP contribution in [0.4, 0.5) is 0 Å². The number of carbonyl (C=O) groups excluding carboxylic acids is 3. The van der Waals surface area contributed by atoms with E-state index < -0.39 is 66.9 Å². The summed E-state index contributed by atoms with van der Waals surface area (Å²) >= 11 is 0. The molecule has 0 spiro atoms. The standard InChI is InChI=1S/C41H80O8Si3/c1-17-50(18-2,19-3)48-37-23-31(13)40(49-51(20-4,21-5)22-6)34(43)24-33-25-36(47-52(28(7)8,29(9)10)30(11)12)32(14)35(45-33)26-39(44)46-38(27-42)41(37,15)16/h27-33,35-38,40H,17-26H2,1-16H3/t31-,32+,33-,35+,36+,37?,38-,40+/m1/s1. The number of hydrogen-bond donors (Lipinski definition) is 0. The van der Waals surface area contributed by atoms with Gasteiger partial charge >= 0.3 is 5.97 Å². The van der Waals surface area contributed by atoms with Crippen molar-refractivity contribution in [3.05, 3.63) is 0 Å². The van der Waals surface area contributed by atoms with Gasteiger partial charge in [0.1, 0.15) is 6.10 Å². The quantitative estimate of drug-likeness (QED) is 0.0867. The molecule has 0 aromatic carbocycles. The van der Waals surface area contributed by atoms with Crippen LogP contribution >= 0.6 is 0 Å². The molecule has 2 aliphatic heterocycles. The second-order valence-corrected chi connectivity index (χ2v) is 32.8. The van der Waals surface area contributed by atoms with Gasteiger partial charge in [-0.1, -0.05) is 111 Å². The number of aldehydes is 1. The second-order valence-electron chi connectivity index (χ2n) is 18.0. The van der Waals surface area contributed by atoms with Crippen molar-refractivity contribution in [3.63, 3.8) is 0 Å². The van der Waals surface area contributed by atoms with E-state index in [1.165, 1.54) is 0 Å². The summed E-state index contributed by atoms with van der Waals surface area (Å²) in [5, 5.41) is 0. The predicted octanol–water partition coefficient (Wildman–Crippen LogP) is 10.6. The minimum absolute atomic E-state index is 0.0112. The topological polar surface area (TPSA) is 97.4 Å². The number of hydrogen-bond acceptors (Lipinski definition) is 8. The first-order valence-electron chi connectivity index (χ1n) is 21.1. The fraction of sp³-hybridized carbons (Fsp3) is 0.927. The van der Waals surface area contributed by atoms with E-state index in [0.717, 1.165) is 42.6 Å². The van der Waals surface area contributed by atoms with Gasteiger partial charge in [0.25, 0.3) is 0 Å². The van der Waals surface area contributed by atoms with Gasteiger partial charge in [-0.25, -0.2) is 0 Å². The molecule has 0 aromatic heterocycles. The summed E-state index contributed by atoms with van der Waals surface area (Å²) in [6.07, 6.45) is -1.08. The number of cyclic esters (lactones) is 1. The van der Waals surface area contributed by atoms with Crippen LogP contribution in [0.5, 0.6) is 0 Å². The predicted molar refractivity (Wildman–Crippen MR) is 220 cm³/mol. The average molecular weight is 785 g/mol. The van der Waals surface area contributed by atoms with E-state index in [2.05, 4.69) is 96.9 Å². The highest BCUT2D eigenvalue weighted by Crippen LogP contribution is 2.46. The van der Waals surface area contributed by atoms with Gasteiger partial charge in [0.15, 0.2) is 34.8 Å². The molecule has 0 amide bonds. The lowest BCUT2D eigenvalue weighted by molar-refractivity contribution is -0.176. The van der Waals surface area contributed by atoms with Crippen molar-refractivity contribution in [2.24, 2.45) is 17.3 Å². The van der Waals surface area contributed by atoms with Crippen molar-refractivity contribution in [3.8, 4) is 0 Å². The molecule has 2 fully saturated rings. The normalized spacial score (nSPS) is 30.1. The first-order chi connectivity index (χ1) is 24.2. The van der Waals surface area contributed by atoms with E-state index in [9.17, 15) is 14.4 Å². The Labute approximate surface area is 322 Å². The molecule has 0 aromatic rings. The highest BCUT2D eigenvalue weighted by molar-refractivity contribution is 6.77. The monoisotopic (exact) mass is 785 g/mol. The van der Waals surface area contributed by atoms with E-state index in [-0.39, 0.29) is 36.6 Å². The number of ether oxygens (including phenoxy) is 2. The van der Waals surface area contributed by atoms with Crippen LogP contribution < -0.4 is 0 Å². The molecule has 2 aliphatic rings. The zero-order chi connectivity index (χ0) is 39.8. The third kappa shape index (κ3) is 10.6. The largest absolute Gasteiger partial charge is 0.454 e. The second kappa shape index (κ2) is 19.9. The molecule has 0 radical (unpaired) electrons. The number of carbonyl (C=O) groups is 3. The molecule has 304 valence electrons. The molecule has 11 heteroatoms. The van der Waals surface area contributed by atoms with E-state index in [0.29, 0.717) is 29.5 Å². The van der Waals surface area contributed by atoms with Crippen LogP contribution in [0.15, 0.2) is 0 Å². The molecule has 2 bridgehead atoms. The smallest absolute Gasteiger partial charge is 0.309 e. The van der Waals surface area contributed by atoms with Gasteiger partial charge in [0.05, 0.1) is 30.8 Å². The summed E-state index contributed by atoms with van der Waals surface area (Å²) < 4.78 is 34.7. The fourth-order valence-electron chi connectivity index (χ4n) is 9.60. The van der Waals surface area contributed by atoms with Crippen molar-refractivity contribution in [2.45, 2.75) is 226 Å². The van der Waals surface area contributed by atoms with Gasteiger partial charge in [-0.15, -0.1) is 0 Å². The maximum Gasteiger partial charge on any atom is 0.309 e. The summed E-state index contributed by atoms with van der Waals surface area (Å²) in [4.78, 5) is 41.6. The first kappa shape index (κ1) is 47.5. The zero-order valence-corrected chi connectivity index (χ0v) is 39.3. The SMILES string of the molecule is CC[Si](CC)(CC)OC1C[C@@H](C)[C@H](O[Si](CC)(CC)CC)C(=O)C[C@@H]2C[C@H](O[Si](C(C)C)(C(C)C)C(C)C)[C@@H](C)[C@H](CC(=O)O[C@H](C=O)C1(C)C)O2. The molecule has 2 saturated heterocycles. The van der Waals surface area contributed by atoms with E-state index in [4.69, 9.17) is 22.8 Å². The van der Waals surface area contributed by atoms with Crippen LogP contribution in [-0.2, 0) is 37.1 Å². The van der Waals surface area contributed by atoms with Crippen molar-refractivity contribution in [1.29, 1.82) is 0 Å². The van der Waals surface area contributed by atoms with Crippen LogP contribution in [0, 0.1) is 17.3 Å². The molecule has 2 heterocycles. The third-order valence-electron chi connectivity index (χ3n) is 13.9. The highest BCUT2D eigenvalue weighted by atomic mass is 28.4. The van der Waals surface area contributed by atoms with Crippen LogP contribution in [0.2, 0.25) is 52.9 Å². The molecule has 52 heavy (non-hydrogen) atoms. The summed E-state index contributed by atoms with van der Waals surface area (Å²) in [6.45, 7) is 35.1. The summed E-state index contributed by atoms with van der Waals surface area (Å²) in [5.41, 5.74) is 0.315. The number of Topliss-reactive ketones (excluding diaryl/α,β-unsaturated/α-hetero) is 1. The molecular formula is C41H80O8Si3. The summed E-state index contributed by atoms with van der Waals surface area (Å²) in [5.74, 6) is -0.701. The lowest BCUT2D eigenvalue weighted by atomic mass is 9.76. The lowest BCUT2D eigenvalue weighted by Crippen LogP contribution is -2.56. The van der Waals surface area contributed by atoms with Gasteiger partial charge < -0.3 is 22.8 Å². The van der Waals surface area contributed by atoms with Crippen molar-refractivity contribution in [2.75, 3.05) is 0 Å². The summed E-state index contributed by atoms with van der Waals surface area (Å²) in [6, 6.07) is 5.64. The van der Waals surface area contributed by atoms with Gasteiger partial charge in [0.2, 0.25) is 8.32 Å². The molecule has 1 unspecified atom stereocenters. The van der Waals surface area contributed by atoms with E-state index >= 15 is 0 Å². The minimum atomic E-state index is -2.30. The Hall–Kier alpha value is -0.699. The Kier molecular flexibility index (Phi) is 18.2. The lowest BCUT2D eigenvalue weighted by Gasteiger charge is -2.49. The minimum Gasteiger partial charge on any atom is -0.454 e. The van der Waals surface area contributed by atoms with Crippen molar-refractivity contribution in [1.82, 2.24) is 0 Å². The maximum atomic E-state index is 14.8. The van der Waals surface area contributed by atoms with Gasteiger partial charge in [-0.3, -0.25) is 14.4 Å². The first-order valence-corrected chi connectivity index (χ1v) is 28.3. The third-order valence-corrected chi connectivity index (χ3v) is 29.3. The summed E-state index contributed by atoms with van der Waals surface area (Å²) in [7, 11) is -6.70. The Morgan fingerprint density at radius 1 is 0.750 bits per heavy atom. The van der Waals surface area contributed by atoms with Gasteiger partial charge in [0, 0.05) is 17.8 Å². The molecule has 8 atom stereocenters. The average Bonchev–Trinajstić information content (AvgIpc) is 3.09. The molecule has 0 saturated carbocycles. The Balaban J connectivity index is 2.77. The Morgan fingerprint density at radius 3 is 1.67 bits per heavy atom. The number of ketones is 1. The highest BCUT2D eigenvalue weighted by Gasteiger charge is 2.52. The number of esters is 1. The van der Waals surface area contributed by atoms with Crippen molar-refractivity contribution < 1.29 is 37.1 Å². The van der Waals surface area contributed by atoms with Gasteiger partial charge in [-0.05, 0) is 71.6 Å². The van der Waals surface area contributed by atoms with Crippen LogP contribution in [-0.4, -0.2) is 79.6 Å².